The normalized spacial score (nSPS) is 13.2. The summed E-state index contributed by atoms with van der Waals surface area (Å²) in [7, 11) is 0. The second-order valence-electron chi connectivity index (χ2n) is 6.51. The third-order valence-electron chi connectivity index (χ3n) is 4.39. The molecule has 0 unspecified atom stereocenters. The SMILES string of the molecule is Cc1ccc(C(=O)NC2CC2)cc1NC(=O)NCc1ccccc1CO. The molecule has 6 heteroatoms. The Kier molecular flexibility index (Phi) is 5.53. The van der Waals surface area contributed by atoms with Crippen LogP contribution in [0.1, 0.15) is 39.9 Å². The van der Waals surface area contributed by atoms with Gasteiger partial charge in [0.05, 0.1) is 6.61 Å². The smallest absolute Gasteiger partial charge is 0.319 e. The van der Waals surface area contributed by atoms with Crippen molar-refractivity contribution in [2.75, 3.05) is 5.32 Å². The first kappa shape index (κ1) is 17.9. The van der Waals surface area contributed by atoms with Gasteiger partial charge in [-0.05, 0) is 48.6 Å². The zero-order valence-corrected chi connectivity index (χ0v) is 14.7. The van der Waals surface area contributed by atoms with Gasteiger partial charge in [-0.15, -0.1) is 0 Å². The molecule has 0 aliphatic heterocycles. The van der Waals surface area contributed by atoms with Gasteiger partial charge in [0.15, 0.2) is 0 Å². The van der Waals surface area contributed by atoms with Crippen molar-refractivity contribution in [1.82, 2.24) is 10.6 Å². The third kappa shape index (κ3) is 4.61. The van der Waals surface area contributed by atoms with Crippen LogP contribution in [0.5, 0.6) is 0 Å². The molecule has 3 rings (SSSR count). The predicted octanol–water partition coefficient (Wildman–Crippen LogP) is 2.70. The Hall–Kier alpha value is -2.86. The Labute approximate surface area is 152 Å². The zero-order chi connectivity index (χ0) is 18.5. The van der Waals surface area contributed by atoms with Crippen molar-refractivity contribution >= 4 is 17.6 Å². The molecule has 26 heavy (non-hydrogen) atoms. The maximum Gasteiger partial charge on any atom is 0.319 e. The molecule has 0 bridgehead atoms. The fourth-order valence-corrected chi connectivity index (χ4v) is 2.62. The third-order valence-corrected chi connectivity index (χ3v) is 4.39. The molecule has 2 aromatic rings. The van der Waals surface area contributed by atoms with Crippen molar-refractivity contribution < 1.29 is 14.7 Å². The van der Waals surface area contributed by atoms with E-state index in [9.17, 15) is 14.7 Å². The average Bonchev–Trinajstić information content (AvgIpc) is 3.46. The molecule has 3 amide bonds. The highest BCUT2D eigenvalue weighted by atomic mass is 16.3. The van der Waals surface area contributed by atoms with E-state index in [2.05, 4.69) is 16.0 Å². The lowest BCUT2D eigenvalue weighted by Crippen LogP contribution is -2.29. The van der Waals surface area contributed by atoms with Crippen LogP contribution < -0.4 is 16.0 Å². The lowest BCUT2D eigenvalue weighted by atomic mass is 10.1. The second kappa shape index (κ2) is 8.01. The quantitative estimate of drug-likeness (QED) is 0.644. The Morgan fingerprint density at radius 3 is 2.54 bits per heavy atom. The summed E-state index contributed by atoms with van der Waals surface area (Å²) in [5.74, 6) is -0.118. The number of carbonyl (C=O) groups is 2. The number of aliphatic hydroxyl groups is 1. The van der Waals surface area contributed by atoms with Crippen LogP contribution in [-0.2, 0) is 13.2 Å². The van der Waals surface area contributed by atoms with Crippen molar-refractivity contribution in [2.24, 2.45) is 0 Å². The van der Waals surface area contributed by atoms with E-state index in [1.807, 2.05) is 37.3 Å². The first-order valence-electron chi connectivity index (χ1n) is 8.71. The molecule has 2 aromatic carbocycles. The molecule has 0 heterocycles. The lowest BCUT2D eigenvalue weighted by molar-refractivity contribution is 0.0951. The monoisotopic (exact) mass is 353 g/mol. The van der Waals surface area contributed by atoms with Gasteiger partial charge in [-0.25, -0.2) is 4.79 Å². The Morgan fingerprint density at radius 2 is 1.85 bits per heavy atom. The zero-order valence-electron chi connectivity index (χ0n) is 14.7. The minimum atomic E-state index is -0.361. The standard InChI is InChI=1S/C20H23N3O3/c1-13-6-7-14(19(25)22-17-8-9-17)10-18(13)23-20(26)21-11-15-4-2-3-5-16(15)12-24/h2-7,10,17,24H,8-9,11-12H2,1H3,(H,22,25)(H2,21,23,26). The summed E-state index contributed by atoms with van der Waals surface area (Å²) in [5.41, 5.74) is 3.64. The van der Waals surface area contributed by atoms with E-state index < -0.39 is 0 Å². The van der Waals surface area contributed by atoms with Crippen LogP contribution in [0.15, 0.2) is 42.5 Å². The van der Waals surface area contributed by atoms with Crippen LogP contribution in [0.2, 0.25) is 0 Å². The molecule has 0 aromatic heterocycles. The molecule has 0 spiro atoms. The van der Waals surface area contributed by atoms with E-state index in [0.29, 0.717) is 17.8 Å². The summed E-state index contributed by atoms with van der Waals surface area (Å²) in [4.78, 5) is 24.4. The van der Waals surface area contributed by atoms with Gasteiger partial charge in [0.1, 0.15) is 0 Å². The van der Waals surface area contributed by atoms with Gasteiger partial charge < -0.3 is 21.1 Å². The van der Waals surface area contributed by atoms with E-state index in [1.54, 1.807) is 12.1 Å². The Balaban J connectivity index is 1.62. The number of rotatable bonds is 6. The second-order valence-corrected chi connectivity index (χ2v) is 6.51. The highest BCUT2D eigenvalue weighted by Gasteiger charge is 2.24. The molecule has 136 valence electrons. The molecule has 1 fully saturated rings. The van der Waals surface area contributed by atoms with Gasteiger partial charge in [0.2, 0.25) is 0 Å². The number of aryl methyl sites for hydroxylation is 1. The summed E-state index contributed by atoms with van der Waals surface area (Å²) in [6.45, 7) is 2.11. The van der Waals surface area contributed by atoms with Crippen LogP contribution >= 0.6 is 0 Å². The van der Waals surface area contributed by atoms with Gasteiger partial charge >= 0.3 is 6.03 Å². The van der Waals surface area contributed by atoms with Crippen LogP contribution in [0.4, 0.5) is 10.5 Å². The highest BCUT2D eigenvalue weighted by molar-refractivity contribution is 5.97. The van der Waals surface area contributed by atoms with E-state index >= 15 is 0 Å². The van der Waals surface area contributed by atoms with Crippen molar-refractivity contribution in [3.8, 4) is 0 Å². The van der Waals surface area contributed by atoms with Gasteiger partial charge in [-0.1, -0.05) is 30.3 Å². The molecule has 0 radical (unpaired) electrons. The molecule has 0 saturated heterocycles. The van der Waals surface area contributed by atoms with Gasteiger partial charge in [-0.3, -0.25) is 4.79 Å². The molecular formula is C20H23N3O3. The van der Waals surface area contributed by atoms with Crippen molar-refractivity contribution in [1.29, 1.82) is 0 Å². The summed E-state index contributed by atoms with van der Waals surface area (Å²) in [6, 6.07) is 12.6. The minimum absolute atomic E-state index is 0.0727. The predicted molar refractivity (Wildman–Crippen MR) is 99.9 cm³/mol. The van der Waals surface area contributed by atoms with E-state index in [0.717, 1.165) is 29.5 Å². The van der Waals surface area contributed by atoms with Crippen LogP contribution in [0, 0.1) is 6.92 Å². The first-order valence-corrected chi connectivity index (χ1v) is 8.71. The van der Waals surface area contributed by atoms with E-state index in [4.69, 9.17) is 0 Å². The van der Waals surface area contributed by atoms with Gasteiger partial charge in [-0.2, -0.15) is 0 Å². The number of anilines is 1. The van der Waals surface area contributed by atoms with Crippen molar-refractivity contribution in [3.05, 3.63) is 64.7 Å². The number of hydrogen-bond donors (Lipinski definition) is 4. The topological polar surface area (TPSA) is 90.5 Å². The summed E-state index contributed by atoms with van der Waals surface area (Å²) < 4.78 is 0. The Bertz CT molecular complexity index is 816. The maximum absolute atomic E-state index is 12.2. The largest absolute Gasteiger partial charge is 0.392 e. The number of aliphatic hydroxyl groups excluding tert-OH is 1. The number of hydrogen-bond acceptors (Lipinski definition) is 3. The number of benzene rings is 2. The van der Waals surface area contributed by atoms with Crippen molar-refractivity contribution in [2.45, 2.75) is 39.0 Å². The average molecular weight is 353 g/mol. The highest BCUT2D eigenvalue weighted by Crippen LogP contribution is 2.21. The van der Waals surface area contributed by atoms with Gasteiger partial charge in [0.25, 0.3) is 5.91 Å². The maximum atomic E-state index is 12.2. The molecule has 4 N–H and O–H groups in total. The first-order chi connectivity index (χ1) is 12.6. The molecule has 1 saturated carbocycles. The molecule has 1 aliphatic rings. The summed E-state index contributed by atoms with van der Waals surface area (Å²) in [5, 5.41) is 17.8. The number of carbonyl (C=O) groups excluding carboxylic acids is 2. The number of urea groups is 1. The molecular weight excluding hydrogens is 330 g/mol. The molecule has 1 aliphatic carbocycles. The number of amides is 3. The molecule has 0 atom stereocenters. The number of nitrogens with one attached hydrogen (secondary N) is 3. The van der Waals surface area contributed by atoms with Crippen LogP contribution in [0.25, 0.3) is 0 Å². The fourth-order valence-electron chi connectivity index (χ4n) is 2.62. The van der Waals surface area contributed by atoms with Crippen molar-refractivity contribution in [3.63, 3.8) is 0 Å². The summed E-state index contributed by atoms with van der Waals surface area (Å²) in [6.07, 6.45) is 2.06. The van der Waals surface area contributed by atoms with Crippen LogP contribution in [-0.4, -0.2) is 23.1 Å². The minimum Gasteiger partial charge on any atom is -0.392 e. The van der Waals surface area contributed by atoms with E-state index in [1.165, 1.54) is 0 Å². The Morgan fingerprint density at radius 1 is 1.12 bits per heavy atom. The summed E-state index contributed by atoms with van der Waals surface area (Å²) >= 11 is 0. The van der Waals surface area contributed by atoms with E-state index in [-0.39, 0.29) is 24.6 Å². The van der Waals surface area contributed by atoms with Crippen LogP contribution in [0.3, 0.4) is 0 Å². The molecule has 6 nitrogen and oxygen atoms in total. The lowest BCUT2D eigenvalue weighted by Gasteiger charge is -2.13. The van der Waals surface area contributed by atoms with Gasteiger partial charge in [0, 0.05) is 23.8 Å². The fraction of sp³-hybridized carbons (Fsp3) is 0.300.